The summed E-state index contributed by atoms with van der Waals surface area (Å²) in [5.41, 5.74) is 5.80. The Labute approximate surface area is 166 Å². The highest BCUT2D eigenvalue weighted by atomic mass is 16.6. The lowest BCUT2D eigenvalue weighted by molar-refractivity contribution is -0.141. The lowest BCUT2D eigenvalue weighted by Crippen LogP contribution is -2.43. The van der Waals surface area contributed by atoms with E-state index in [4.69, 9.17) is 4.74 Å². The monoisotopic (exact) mass is 389 g/mol. The van der Waals surface area contributed by atoms with Crippen LogP contribution >= 0.6 is 0 Å². The molecule has 0 saturated carbocycles. The zero-order valence-corrected chi connectivity index (χ0v) is 15.5. The molecule has 1 amide bonds. The average molecular weight is 389 g/mol. The van der Waals surface area contributed by atoms with Gasteiger partial charge in [-0.05, 0) is 22.3 Å². The summed E-state index contributed by atoms with van der Waals surface area (Å²) in [7, 11) is 0. The molecule has 146 valence electrons. The van der Waals surface area contributed by atoms with Crippen LogP contribution in [-0.2, 0) is 16.0 Å². The largest absolute Gasteiger partial charge is 0.481 e. The van der Waals surface area contributed by atoms with Crippen LogP contribution in [-0.4, -0.2) is 40.5 Å². The Morgan fingerprint density at radius 2 is 1.76 bits per heavy atom. The van der Waals surface area contributed by atoms with Crippen molar-refractivity contribution in [3.63, 3.8) is 0 Å². The highest BCUT2D eigenvalue weighted by Gasteiger charge is 2.35. The Morgan fingerprint density at radius 1 is 1.10 bits per heavy atom. The minimum Gasteiger partial charge on any atom is -0.481 e. The number of carboxylic acids is 1. The van der Waals surface area contributed by atoms with Crippen LogP contribution in [0.15, 0.2) is 54.7 Å². The highest BCUT2D eigenvalue weighted by molar-refractivity contribution is 5.90. The highest BCUT2D eigenvalue weighted by Crippen LogP contribution is 2.44. The van der Waals surface area contributed by atoms with Gasteiger partial charge in [0, 0.05) is 18.9 Å². The van der Waals surface area contributed by atoms with Gasteiger partial charge in [-0.25, -0.2) is 4.79 Å². The maximum atomic E-state index is 12.9. The zero-order valence-electron chi connectivity index (χ0n) is 15.5. The molecule has 2 aliphatic rings. The quantitative estimate of drug-likeness (QED) is 0.716. The summed E-state index contributed by atoms with van der Waals surface area (Å²) in [6.45, 7) is 0.257. The van der Waals surface area contributed by atoms with E-state index in [0.29, 0.717) is 17.8 Å². The number of rotatable bonds is 3. The third kappa shape index (κ3) is 2.86. The number of hydrogen-bond acceptors (Lipinski definition) is 4. The van der Waals surface area contributed by atoms with E-state index in [0.717, 1.165) is 22.3 Å². The average Bonchev–Trinajstić information content (AvgIpc) is 3.34. The smallest absolute Gasteiger partial charge is 0.414 e. The minimum atomic E-state index is -0.943. The van der Waals surface area contributed by atoms with Gasteiger partial charge in [0.1, 0.15) is 6.61 Å². The van der Waals surface area contributed by atoms with Crippen molar-refractivity contribution in [2.45, 2.75) is 12.3 Å². The number of anilines is 1. The standard InChI is InChI=1S/C22H19N3O4/c26-21(27)13-9-19-20(10-23-24-19)25(11-13)22(28)29-12-18-16-7-3-1-5-14(16)15-6-2-4-8-17(15)18/h1-8,10,13,18H,9,11-12H2,(H,23,24)(H,26,27). The van der Waals surface area contributed by atoms with Crippen LogP contribution in [0.4, 0.5) is 10.5 Å². The van der Waals surface area contributed by atoms with Gasteiger partial charge in [0.2, 0.25) is 0 Å². The SMILES string of the molecule is O=C(O)C1Cc2[nH]ncc2N(C(=O)OCC2c3ccccc3-c3ccccc32)C1. The summed E-state index contributed by atoms with van der Waals surface area (Å²) in [6.07, 6.45) is 1.30. The molecule has 5 rings (SSSR count). The minimum absolute atomic E-state index is 0.0461. The second-order valence-electron chi connectivity index (χ2n) is 7.39. The van der Waals surface area contributed by atoms with E-state index >= 15 is 0 Å². The van der Waals surface area contributed by atoms with Gasteiger partial charge in [-0.2, -0.15) is 5.10 Å². The van der Waals surface area contributed by atoms with E-state index in [2.05, 4.69) is 34.5 Å². The van der Waals surface area contributed by atoms with Crippen molar-refractivity contribution in [1.82, 2.24) is 10.2 Å². The molecule has 0 radical (unpaired) electrons. The fraction of sp³-hybridized carbons (Fsp3) is 0.227. The fourth-order valence-electron chi connectivity index (χ4n) is 4.33. The first kappa shape index (κ1) is 17.5. The number of fused-ring (bicyclic) bond motifs is 4. The van der Waals surface area contributed by atoms with Gasteiger partial charge in [0.25, 0.3) is 0 Å². The van der Waals surface area contributed by atoms with Crippen LogP contribution in [0.1, 0.15) is 22.7 Å². The molecule has 2 N–H and O–H groups in total. The number of nitrogens with zero attached hydrogens (tertiary/aromatic N) is 2. The van der Waals surface area contributed by atoms with Crippen molar-refractivity contribution in [3.8, 4) is 11.1 Å². The number of H-pyrrole nitrogens is 1. The van der Waals surface area contributed by atoms with Crippen LogP contribution in [0.3, 0.4) is 0 Å². The molecule has 1 aromatic heterocycles. The van der Waals surface area contributed by atoms with E-state index in [-0.39, 0.29) is 19.1 Å². The van der Waals surface area contributed by atoms with E-state index < -0.39 is 18.0 Å². The number of nitrogens with one attached hydrogen (secondary N) is 1. The first-order chi connectivity index (χ1) is 14.1. The third-order valence-corrected chi connectivity index (χ3v) is 5.75. The maximum Gasteiger partial charge on any atom is 0.414 e. The van der Waals surface area contributed by atoms with Crippen LogP contribution in [0.2, 0.25) is 0 Å². The number of ether oxygens (including phenoxy) is 1. The number of benzene rings is 2. The number of amides is 1. The van der Waals surface area contributed by atoms with Crippen LogP contribution in [0.25, 0.3) is 11.1 Å². The van der Waals surface area contributed by atoms with Gasteiger partial charge in [-0.1, -0.05) is 48.5 Å². The summed E-state index contributed by atoms with van der Waals surface area (Å²) < 4.78 is 5.69. The molecule has 1 aliphatic heterocycles. The van der Waals surface area contributed by atoms with Crippen molar-refractivity contribution in [2.24, 2.45) is 5.92 Å². The summed E-state index contributed by atoms with van der Waals surface area (Å²) in [4.78, 5) is 25.7. The van der Waals surface area contributed by atoms with Crippen molar-refractivity contribution in [3.05, 3.63) is 71.5 Å². The molecule has 7 heteroatoms. The lowest BCUT2D eigenvalue weighted by atomic mass is 9.97. The molecule has 3 aromatic rings. The Hall–Kier alpha value is -3.61. The van der Waals surface area contributed by atoms with E-state index in [1.807, 2.05) is 24.3 Å². The number of carbonyl (C=O) groups is 2. The molecular weight excluding hydrogens is 370 g/mol. The molecular formula is C22H19N3O4. The van der Waals surface area contributed by atoms with Gasteiger partial charge in [0.15, 0.2) is 0 Å². The van der Waals surface area contributed by atoms with E-state index in [9.17, 15) is 14.7 Å². The van der Waals surface area contributed by atoms with Gasteiger partial charge < -0.3 is 9.84 Å². The molecule has 0 bridgehead atoms. The topological polar surface area (TPSA) is 95.5 Å². The van der Waals surface area contributed by atoms with Crippen molar-refractivity contribution in [1.29, 1.82) is 0 Å². The van der Waals surface area contributed by atoms with Gasteiger partial charge in [0.05, 0.1) is 23.5 Å². The van der Waals surface area contributed by atoms with Crippen LogP contribution in [0, 0.1) is 5.92 Å². The molecule has 1 unspecified atom stereocenters. The second kappa shape index (κ2) is 6.77. The number of aromatic nitrogens is 2. The van der Waals surface area contributed by atoms with Crippen molar-refractivity contribution >= 4 is 17.7 Å². The normalized spacial score (nSPS) is 17.4. The number of aliphatic carboxylic acids is 1. The Morgan fingerprint density at radius 3 is 2.41 bits per heavy atom. The van der Waals surface area contributed by atoms with Gasteiger partial charge in [-0.3, -0.25) is 14.8 Å². The number of carboxylic acid groups (broad SMARTS) is 1. The Kier molecular flexibility index (Phi) is 4.08. The van der Waals surface area contributed by atoms with Crippen LogP contribution < -0.4 is 4.90 Å². The second-order valence-corrected chi connectivity index (χ2v) is 7.39. The molecule has 1 aliphatic carbocycles. The Balaban J connectivity index is 1.38. The molecule has 1 atom stereocenters. The summed E-state index contributed by atoms with van der Waals surface area (Å²) in [5.74, 6) is -1.68. The molecule has 0 spiro atoms. The molecule has 0 fully saturated rings. The molecule has 2 heterocycles. The van der Waals surface area contributed by atoms with Gasteiger partial charge in [-0.15, -0.1) is 0 Å². The third-order valence-electron chi connectivity index (χ3n) is 5.75. The van der Waals surface area contributed by atoms with E-state index in [1.54, 1.807) is 0 Å². The molecule has 2 aromatic carbocycles. The zero-order chi connectivity index (χ0) is 20.0. The fourth-order valence-corrected chi connectivity index (χ4v) is 4.33. The number of carbonyl (C=O) groups excluding carboxylic acids is 1. The lowest BCUT2D eigenvalue weighted by Gasteiger charge is -2.29. The summed E-state index contributed by atoms with van der Waals surface area (Å²) in [5, 5.41) is 16.2. The molecule has 7 nitrogen and oxygen atoms in total. The van der Waals surface area contributed by atoms with Crippen molar-refractivity contribution < 1.29 is 19.4 Å². The first-order valence-corrected chi connectivity index (χ1v) is 9.51. The molecule has 29 heavy (non-hydrogen) atoms. The maximum absolute atomic E-state index is 12.9. The summed E-state index contributed by atoms with van der Waals surface area (Å²) >= 11 is 0. The van der Waals surface area contributed by atoms with E-state index in [1.165, 1.54) is 11.1 Å². The van der Waals surface area contributed by atoms with Crippen LogP contribution in [0.5, 0.6) is 0 Å². The molecule has 0 saturated heterocycles. The summed E-state index contributed by atoms with van der Waals surface area (Å²) in [6, 6.07) is 16.3. The predicted molar refractivity (Wildman–Crippen MR) is 106 cm³/mol. The predicted octanol–water partition coefficient (Wildman–Crippen LogP) is 3.42. The van der Waals surface area contributed by atoms with Gasteiger partial charge >= 0.3 is 12.1 Å². The number of hydrogen-bond donors (Lipinski definition) is 2. The number of aromatic amines is 1. The van der Waals surface area contributed by atoms with Crippen molar-refractivity contribution in [2.75, 3.05) is 18.1 Å². The Bertz CT molecular complexity index is 1060. The first-order valence-electron chi connectivity index (χ1n) is 9.51.